The van der Waals surface area contributed by atoms with Crippen molar-refractivity contribution in [2.75, 3.05) is 32.7 Å². The molecule has 2 aliphatic heterocycles. The van der Waals surface area contributed by atoms with Crippen LogP contribution in [0.5, 0.6) is 0 Å². The number of likely N-dealkylation sites (tertiary alicyclic amines) is 2. The third-order valence-electron chi connectivity index (χ3n) is 5.11. The van der Waals surface area contributed by atoms with Gasteiger partial charge in [-0.25, -0.2) is 0 Å². The zero-order valence-electron chi connectivity index (χ0n) is 14.7. The van der Waals surface area contributed by atoms with E-state index in [0.717, 1.165) is 12.8 Å². The van der Waals surface area contributed by atoms with Crippen molar-refractivity contribution >= 4 is 23.7 Å². The minimum absolute atomic E-state index is 0.0362. The van der Waals surface area contributed by atoms with Crippen molar-refractivity contribution in [1.82, 2.24) is 15.1 Å². The number of fused-ring (bicyclic) bond motifs is 1. The van der Waals surface area contributed by atoms with Gasteiger partial charge in [0.2, 0.25) is 17.7 Å². The van der Waals surface area contributed by atoms with E-state index in [9.17, 15) is 19.2 Å². The molecule has 0 aromatic rings. The highest BCUT2D eigenvalue weighted by atomic mass is 16.4. The van der Waals surface area contributed by atoms with Gasteiger partial charge in [0.05, 0.1) is 6.42 Å². The highest BCUT2D eigenvalue weighted by Gasteiger charge is 2.36. The summed E-state index contributed by atoms with van der Waals surface area (Å²) >= 11 is 0. The van der Waals surface area contributed by atoms with E-state index in [-0.39, 0.29) is 42.4 Å². The number of carboxylic acid groups (broad SMARTS) is 1. The Morgan fingerprint density at radius 1 is 1.16 bits per heavy atom. The standard InChI is InChI=1S/C17H27N3O5/c1-12(21)18-6-9-19-7-5-14-11-20(15(22)2-3-17(24)25)8-4-13(14)10-16(19)23/h13-14H,2-11H2,1H3,(H,18,21)(H,24,25). The summed E-state index contributed by atoms with van der Waals surface area (Å²) in [6, 6.07) is 0. The van der Waals surface area contributed by atoms with Crippen LogP contribution in [0, 0.1) is 11.8 Å². The lowest BCUT2D eigenvalue weighted by molar-refractivity contribution is -0.142. The van der Waals surface area contributed by atoms with E-state index in [4.69, 9.17) is 5.11 Å². The van der Waals surface area contributed by atoms with Crippen LogP contribution in [0.25, 0.3) is 0 Å². The maximum atomic E-state index is 12.4. The molecule has 3 amide bonds. The topological polar surface area (TPSA) is 107 Å². The number of carbonyl (C=O) groups is 4. The van der Waals surface area contributed by atoms with E-state index in [2.05, 4.69) is 5.32 Å². The normalized spacial score (nSPS) is 23.6. The minimum Gasteiger partial charge on any atom is -0.481 e. The van der Waals surface area contributed by atoms with Gasteiger partial charge in [-0.3, -0.25) is 19.2 Å². The van der Waals surface area contributed by atoms with Gasteiger partial charge in [0.25, 0.3) is 0 Å². The zero-order chi connectivity index (χ0) is 18.4. The molecule has 0 saturated carbocycles. The Kier molecular flexibility index (Phi) is 6.78. The number of carbonyl (C=O) groups excluding carboxylic acids is 3. The van der Waals surface area contributed by atoms with Crippen LogP contribution >= 0.6 is 0 Å². The SMILES string of the molecule is CC(=O)NCCN1CCC2CN(C(=O)CCC(=O)O)CCC2CC1=O. The zero-order valence-corrected chi connectivity index (χ0v) is 14.7. The average Bonchev–Trinajstić information content (AvgIpc) is 2.70. The quantitative estimate of drug-likeness (QED) is 0.703. The van der Waals surface area contributed by atoms with Gasteiger partial charge in [-0.1, -0.05) is 0 Å². The van der Waals surface area contributed by atoms with Crippen LogP contribution in [0.3, 0.4) is 0 Å². The summed E-state index contributed by atoms with van der Waals surface area (Å²) in [4.78, 5) is 49.7. The molecule has 2 saturated heterocycles. The van der Waals surface area contributed by atoms with Crippen molar-refractivity contribution in [3.05, 3.63) is 0 Å². The Labute approximate surface area is 147 Å². The minimum atomic E-state index is -0.960. The first-order valence-electron chi connectivity index (χ1n) is 8.88. The summed E-state index contributed by atoms with van der Waals surface area (Å²) in [5, 5.41) is 11.4. The van der Waals surface area contributed by atoms with Crippen molar-refractivity contribution in [3.63, 3.8) is 0 Å². The Balaban J connectivity index is 1.86. The van der Waals surface area contributed by atoms with E-state index < -0.39 is 5.97 Å². The first kappa shape index (κ1) is 19.2. The van der Waals surface area contributed by atoms with Crippen LogP contribution in [-0.4, -0.2) is 71.3 Å². The summed E-state index contributed by atoms with van der Waals surface area (Å²) < 4.78 is 0. The number of hydrogen-bond acceptors (Lipinski definition) is 4. The summed E-state index contributed by atoms with van der Waals surface area (Å²) in [6.07, 6.45) is 2.00. The summed E-state index contributed by atoms with van der Waals surface area (Å²) in [6.45, 7) is 4.26. The van der Waals surface area contributed by atoms with Crippen LogP contribution in [0.2, 0.25) is 0 Å². The molecule has 2 fully saturated rings. The van der Waals surface area contributed by atoms with Crippen LogP contribution in [0.4, 0.5) is 0 Å². The lowest BCUT2D eigenvalue weighted by atomic mass is 9.82. The number of nitrogens with zero attached hydrogens (tertiary/aromatic N) is 2. The molecule has 0 bridgehead atoms. The largest absolute Gasteiger partial charge is 0.481 e. The molecule has 2 unspecified atom stereocenters. The fourth-order valence-electron chi connectivity index (χ4n) is 3.68. The van der Waals surface area contributed by atoms with Gasteiger partial charge in [0, 0.05) is 52.5 Å². The van der Waals surface area contributed by atoms with Gasteiger partial charge in [-0.05, 0) is 24.7 Å². The Morgan fingerprint density at radius 3 is 2.56 bits per heavy atom. The molecule has 2 heterocycles. The lowest BCUT2D eigenvalue weighted by Crippen LogP contribution is -2.44. The molecule has 0 radical (unpaired) electrons. The number of amides is 3. The van der Waals surface area contributed by atoms with E-state index in [0.29, 0.717) is 39.1 Å². The van der Waals surface area contributed by atoms with E-state index in [1.807, 2.05) is 0 Å². The van der Waals surface area contributed by atoms with E-state index in [1.165, 1.54) is 6.92 Å². The predicted molar refractivity (Wildman–Crippen MR) is 89.5 cm³/mol. The molecule has 140 valence electrons. The number of carboxylic acids is 1. The fraction of sp³-hybridized carbons (Fsp3) is 0.765. The van der Waals surface area contributed by atoms with Crippen LogP contribution in [0.15, 0.2) is 0 Å². The highest BCUT2D eigenvalue weighted by Crippen LogP contribution is 2.32. The van der Waals surface area contributed by atoms with Crippen molar-refractivity contribution < 1.29 is 24.3 Å². The molecule has 2 N–H and O–H groups in total. The van der Waals surface area contributed by atoms with Crippen LogP contribution < -0.4 is 5.32 Å². The number of hydrogen-bond donors (Lipinski definition) is 2. The molecule has 0 aromatic heterocycles. The van der Waals surface area contributed by atoms with Crippen molar-refractivity contribution in [3.8, 4) is 0 Å². The Bertz CT molecular complexity index is 536. The second-order valence-electron chi connectivity index (χ2n) is 6.90. The van der Waals surface area contributed by atoms with Crippen molar-refractivity contribution in [2.45, 2.75) is 39.0 Å². The molecule has 0 spiro atoms. The lowest BCUT2D eigenvalue weighted by Gasteiger charge is -2.37. The van der Waals surface area contributed by atoms with E-state index >= 15 is 0 Å². The maximum Gasteiger partial charge on any atom is 0.303 e. The molecule has 0 aliphatic carbocycles. The summed E-state index contributed by atoms with van der Waals surface area (Å²) in [7, 11) is 0. The molecule has 8 heteroatoms. The summed E-state index contributed by atoms with van der Waals surface area (Å²) in [5.41, 5.74) is 0. The molecule has 25 heavy (non-hydrogen) atoms. The molecule has 8 nitrogen and oxygen atoms in total. The molecule has 2 atom stereocenters. The first-order chi connectivity index (χ1) is 11.9. The third-order valence-corrected chi connectivity index (χ3v) is 5.11. The number of aliphatic carboxylic acids is 1. The first-order valence-corrected chi connectivity index (χ1v) is 8.88. The molecule has 2 aliphatic rings. The Morgan fingerprint density at radius 2 is 1.88 bits per heavy atom. The molecular weight excluding hydrogens is 326 g/mol. The van der Waals surface area contributed by atoms with Gasteiger partial charge < -0.3 is 20.2 Å². The summed E-state index contributed by atoms with van der Waals surface area (Å²) in [5.74, 6) is -0.508. The predicted octanol–water partition coefficient (Wildman–Crippen LogP) is 0.0744. The van der Waals surface area contributed by atoms with Gasteiger partial charge >= 0.3 is 5.97 Å². The highest BCUT2D eigenvalue weighted by molar-refractivity contribution is 5.81. The van der Waals surface area contributed by atoms with E-state index in [1.54, 1.807) is 9.80 Å². The molecule has 2 rings (SSSR count). The van der Waals surface area contributed by atoms with Crippen LogP contribution in [-0.2, 0) is 19.2 Å². The van der Waals surface area contributed by atoms with Gasteiger partial charge in [-0.2, -0.15) is 0 Å². The monoisotopic (exact) mass is 353 g/mol. The Hall–Kier alpha value is -2.12. The van der Waals surface area contributed by atoms with Crippen LogP contribution in [0.1, 0.15) is 39.0 Å². The number of piperidine rings is 1. The maximum absolute atomic E-state index is 12.4. The van der Waals surface area contributed by atoms with Gasteiger partial charge in [-0.15, -0.1) is 0 Å². The fourth-order valence-corrected chi connectivity index (χ4v) is 3.68. The second kappa shape index (κ2) is 8.82. The average molecular weight is 353 g/mol. The van der Waals surface area contributed by atoms with Gasteiger partial charge in [0.15, 0.2) is 0 Å². The molecular formula is C17H27N3O5. The smallest absolute Gasteiger partial charge is 0.303 e. The number of rotatable bonds is 6. The van der Waals surface area contributed by atoms with Gasteiger partial charge in [0.1, 0.15) is 0 Å². The second-order valence-corrected chi connectivity index (χ2v) is 6.90. The third kappa shape index (κ3) is 5.72. The molecule has 0 aromatic carbocycles. The van der Waals surface area contributed by atoms with Crippen molar-refractivity contribution in [1.29, 1.82) is 0 Å². The van der Waals surface area contributed by atoms with Crippen molar-refractivity contribution in [2.24, 2.45) is 11.8 Å². The number of nitrogens with one attached hydrogen (secondary N) is 1.